The molecule has 148 valence electrons. The molecule has 0 aromatic heterocycles. The van der Waals surface area contributed by atoms with Crippen LogP contribution in [0.4, 0.5) is 5.69 Å². The van der Waals surface area contributed by atoms with Crippen LogP contribution >= 0.6 is 11.8 Å². The van der Waals surface area contributed by atoms with Gasteiger partial charge in [0.2, 0.25) is 21.8 Å². The lowest BCUT2D eigenvalue weighted by molar-refractivity contribution is -0.130. The fourth-order valence-electron chi connectivity index (χ4n) is 3.58. The van der Waals surface area contributed by atoms with Crippen LogP contribution in [0.3, 0.4) is 0 Å². The topological polar surface area (TPSA) is 86.8 Å². The van der Waals surface area contributed by atoms with E-state index in [0.717, 1.165) is 6.42 Å². The molecule has 9 heteroatoms. The number of sulfonamides is 1. The number of anilines is 1. The number of nitrogens with zero attached hydrogens (tertiary/aromatic N) is 2. The van der Waals surface area contributed by atoms with Gasteiger partial charge in [-0.25, -0.2) is 8.42 Å². The zero-order chi connectivity index (χ0) is 19.6. The van der Waals surface area contributed by atoms with E-state index in [1.165, 1.54) is 28.8 Å². The Morgan fingerprint density at radius 3 is 2.37 bits per heavy atom. The van der Waals surface area contributed by atoms with Gasteiger partial charge >= 0.3 is 0 Å². The van der Waals surface area contributed by atoms with E-state index in [4.69, 9.17) is 0 Å². The molecule has 0 saturated carbocycles. The van der Waals surface area contributed by atoms with Crippen molar-refractivity contribution in [2.24, 2.45) is 11.8 Å². The van der Waals surface area contributed by atoms with Crippen LogP contribution in [0.1, 0.15) is 20.3 Å². The first kappa shape index (κ1) is 20.2. The Bertz CT molecular complexity index is 800. The molecule has 0 spiro atoms. The highest BCUT2D eigenvalue weighted by molar-refractivity contribution is 8.00. The summed E-state index contributed by atoms with van der Waals surface area (Å²) < 4.78 is 27.3. The molecule has 2 atom stereocenters. The Kier molecular flexibility index (Phi) is 6.12. The molecule has 1 aromatic carbocycles. The van der Waals surface area contributed by atoms with E-state index in [0.29, 0.717) is 42.2 Å². The largest absolute Gasteiger partial charge is 0.325 e. The number of amides is 2. The van der Waals surface area contributed by atoms with Gasteiger partial charge in [-0.05, 0) is 42.5 Å². The third-order valence-corrected chi connectivity index (χ3v) is 7.56. The molecule has 2 saturated heterocycles. The van der Waals surface area contributed by atoms with E-state index in [1.54, 1.807) is 16.4 Å². The number of piperidine rings is 1. The average Bonchev–Trinajstić information content (AvgIpc) is 2.99. The summed E-state index contributed by atoms with van der Waals surface area (Å²) in [5.74, 6) is 1.28. The normalized spacial score (nSPS) is 24.2. The number of nitrogens with one attached hydrogen (secondary N) is 1. The van der Waals surface area contributed by atoms with Crippen LogP contribution in [-0.4, -0.2) is 60.7 Å². The first-order chi connectivity index (χ1) is 12.8. The maximum Gasteiger partial charge on any atom is 0.244 e. The molecular formula is C18H25N3O4S2. The Labute approximate surface area is 164 Å². The minimum absolute atomic E-state index is 0.00936. The first-order valence-electron chi connectivity index (χ1n) is 9.01. The van der Waals surface area contributed by atoms with Crippen LogP contribution in [0.25, 0.3) is 0 Å². The second-order valence-electron chi connectivity index (χ2n) is 7.41. The molecule has 0 bridgehead atoms. The predicted octanol–water partition coefficient (Wildman–Crippen LogP) is 1.82. The molecule has 1 aromatic rings. The van der Waals surface area contributed by atoms with Gasteiger partial charge in [0.15, 0.2) is 0 Å². The van der Waals surface area contributed by atoms with Crippen molar-refractivity contribution in [1.82, 2.24) is 9.21 Å². The smallest absolute Gasteiger partial charge is 0.244 e. The summed E-state index contributed by atoms with van der Waals surface area (Å²) >= 11 is 1.48. The van der Waals surface area contributed by atoms with Crippen molar-refractivity contribution in [3.63, 3.8) is 0 Å². The number of rotatable bonds is 5. The predicted molar refractivity (Wildman–Crippen MR) is 106 cm³/mol. The van der Waals surface area contributed by atoms with Crippen molar-refractivity contribution in [1.29, 1.82) is 0 Å². The van der Waals surface area contributed by atoms with Crippen LogP contribution in [-0.2, 0) is 19.6 Å². The molecule has 2 fully saturated rings. The van der Waals surface area contributed by atoms with Gasteiger partial charge in [-0.2, -0.15) is 4.31 Å². The van der Waals surface area contributed by atoms with Crippen LogP contribution in [0.2, 0.25) is 0 Å². The first-order valence-corrected chi connectivity index (χ1v) is 11.6. The number of hydrogen-bond donors (Lipinski definition) is 1. The molecule has 0 aliphatic carbocycles. The van der Waals surface area contributed by atoms with Gasteiger partial charge in [0, 0.05) is 18.8 Å². The summed E-state index contributed by atoms with van der Waals surface area (Å²) in [7, 11) is -3.53. The van der Waals surface area contributed by atoms with E-state index >= 15 is 0 Å². The molecule has 2 aliphatic rings. The van der Waals surface area contributed by atoms with Gasteiger partial charge in [0.1, 0.15) is 6.54 Å². The van der Waals surface area contributed by atoms with E-state index in [-0.39, 0.29) is 23.3 Å². The molecule has 3 rings (SSSR count). The maximum atomic E-state index is 12.9. The van der Waals surface area contributed by atoms with Crippen molar-refractivity contribution in [2.45, 2.75) is 25.2 Å². The summed E-state index contributed by atoms with van der Waals surface area (Å²) in [6, 6.07) is 6.21. The molecule has 2 heterocycles. The molecule has 2 amide bonds. The fourth-order valence-corrected chi connectivity index (χ4v) is 6.16. The average molecular weight is 412 g/mol. The van der Waals surface area contributed by atoms with Gasteiger partial charge < -0.3 is 10.2 Å². The van der Waals surface area contributed by atoms with Crippen molar-refractivity contribution >= 4 is 39.3 Å². The van der Waals surface area contributed by atoms with Gasteiger partial charge in [0.25, 0.3) is 0 Å². The van der Waals surface area contributed by atoms with Gasteiger partial charge in [-0.15, -0.1) is 11.8 Å². The van der Waals surface area contributed by atoms with Gasteiger partial charge in [-0.1, -0.05) is 13.8 Å². The SMILES string of the molecule is C[C@@H]1C[C@H](C)CN(S(=O)(=O)c2ccc(NC(=O)CN3CSCC3=O)cc2)C1. The number of carbonyl (C=O) groups is 2. The lowest BCUT2D eigenvalue weighted by Crippen LogP contribution is -2.42. The summed E-state index contributed by atoms with van der Waals surface area (Å²) in [5.41, 5.74) is 0.513. The third kappa shape index (κ3) is 4.83. The van der Waals surface area contributed by atoms with Crippen molar-refractivity contribution in [3.05, 3.63) is 24.3 Å². The quantitative estimate of drug-likeness (QED) is 0.799. The van der Waals surface area contributed by atoms with Crippen molar-refractivity contribution in [2.75, 3.05) is 36.6 Å². The van der Waals surface area contributed by atoms with Crippen molar-refractivity contribution in [3.8, 4) is 0 Å². The van der Waals surface area contributed by atoms with Gasteiger partial charge in [0.05, 0.1) is 16.5 Å². The molecule has 2 aliphatic heterocycles. The molecule has 0 unspecified atom stereocenters. The minimum Gasteiger partial charge on any atom is -0.325 e. The minimum atomic E-state index is -3.53. The van der Waals surface area contributed by atoms with E-state index in [2.05, 4.69) is 19.2 Å². The summed E-state index contributed by atoms with van der Waals surface area (Å²) in [6.45, 7) is 5.22. The zero-order valence-electron chi connectivity index (χ0n) is 15.6. The standard InChI is InChI=1S/C18H25N3O4S2/c1-13-7-14(2)9-21(8-13)27(24,25)16-5-3-15(4-6-16)19-17(22)10-20-12-26-11-18(20)23/h3-6,13-14H,7-12H2,1-2H3,(H,19,22)/t13-,14+. The van der Waals surface area contributed by atoms with E-state index in [1.807, 2.05) is 0 Å². The molecule has 27 heavy (non-hydrogen) atoms. The fraction of sp³-hybridized carbons (Fsp3) is 0.556. The summed E-state index contributed by atoms with van der Waals surface area (Å²) in [6.07, 6.45) is 1.04. The third-order valence-electron chi connectivity index (χ3n) is 4.77. The highest BCUT2D eigenvalue weighted by atomic mass is 32.2. The lowest BCUT2D eigenvalue weighted by atomic mass is 9.94. The Balaban J connectivity index is 1.64. The van der Waals surface area contributed by atoms with E-state index < -0.39 is 10.0 Å². The Hall–Kier alpha value is -1.58. The number of carbonyl (C=O) groups excluding carboxylic acids is 2. The molecule has 7 nitrogen and oxygen atoms in total. The maximum absolute atomic E-state index is 12.9. The summed E-state index contributed by atoms with van der Waals surface area (Å²) in [4.78, 5) is 25.4. The molecule has 0 radical (unpaired) electrons. The van der Waals surface area contributed by atoms with Crippen LogP contribution < -0.4 is 5.32 Å². The highest BCUT2D eigenvalue weighted by Crippen LogP contribution is 2.27. The van der Waals surface area contributed by atoms with Crippen molar-refractivity contribution < 1.29 is 18.0 Å². The molecule has 1 N–H and O–H groups in total. The second kappa shape index (κ2) is 8.20. The van der Waals surface area contributed by atoms with Crippen LogP contribution in [0.5, 0.6) is 0 Å². The second-order valence-corrected chi connectivity index (χ2v) is 10.3. The highest BCUT2D eigenvalue weighted by Gasteiger charge is 2.31. The van der Waals surface area contributed by atoms with Crippen LogP contribution in [0.15, 0.2) is 29.2 Å². The molecular weight excluding hydrogens is 386 g/mol. The number of hydrogen-bond acceptors (Lipinski definition) is 5. The zero-order valence-corrected chi connectivity index (χ0v) is 17.2. The number of benzene rings is 1. The monoisotopic (exact) mass is 411 g/mol. The Morgan fingerprint density at radius 1 is 1.19 bits per heavy atom. The number of thioether (sulfide) groups is 1. The summed E-state index contributed by atoms with van der Waals surface area (Å²) in [5, 5.41) is 2.71. The van der Waals surface area contributed by atoms with Crippen LogP contribution in [0, 0.1) is 11.8 Å². The Morgan fingerprint density at radius 2 is 1.81 bits per heavy atom. The van der Waals surface area contributed by atoms with Gasteiger partial charge in [-0.3, -0.25) is 9.59 Å². The van der Waals surface area contributed by atoms with E-state index in [9.17, 15) is 18.0 Å². The lowest BCUT2D eigenvalue weighted by Gasteiger charge is -2.34.